The second kappa shape index (κ2) is 11.8. The van der Waals surface area contributed by atoms with Gasteiger partial charge in [0.15, 0.2) is 0 Å². The van der Waals surface area contributed by atoms with Crippen LogP contribution in [0.15, 0.2) is 24.3 Å². The summed E-state index contributed by atoms with van der Waals surface area (Å²) in [5, 5.41) is 16.6. The van der Waals surface area contributed by atoms with Crippen LogP contribution in [0.1, 0.15) is 12.8 Å². The molecule has 6 heteroatoms. The van der Waals surface area contributed by atoms with Crippen LogP contribution in [0, 0.1) is 0 Å². The Morgan fingerprint density at radius 2 is 1.17 bits per heavy atom. The van der Waals surface area contributed by atoms with Crippen LogP contribution in [0.4, 0.5) is 0 Å². The maximum absolute atomic E-state index is 10.1. The van der Waals surface area contributed by atoms with Crippen LogP contribution in [0.3, 0.4) is 0 Å². The van der Waals surface area contributed by atoms with Gasteiger partial charge in [-0.05, 0) is 12.8 Å². The van der Waals surface area contributed by atoms with Gasteiger partial charge in [-0.3, -0.25) is 0 Å². The van der Waals surface area contributed by atoms with Crippen molar-refractivity contribution in [2.75, 3.05) is 26.4 Å². The summed E-state index contributed by atoms with van der Waals surface area (Å²) in [7, 11) is 0. The molecule has 18 heavy (non-hydrogen) atoms. The van der Waals surface area contributed by atoms with Gasteiger partial charge >= 0.3 is 11.9 Å². The molecule has 6 nitrogen and oxygen atoms in total. The van der Waals surface area contributed by atoms with E-state index in [0.29, 0.717) is 39.3 Å². The molecular formula is C12H18O6. The van der Waals surface area contributed by atoms with Crippen LogP contribution >= 0.6 is 0 Å². The van der Waals surface area contributed by atoms with Crippen molar-refractivity contribution in [1.29, 1.82) is 0 Å². The molecule has 0 rings (SSSR count). The third-order valence-corrected chi connectivity index (χ3v) is 1.75. The zero-order valence-corrected chi connectivity index (χ0v) is 10.1. The lowest BCUT2D eigenvalue weighted by atomic mass is 10.4. The molecule has 2 N–H and O–H groups in total. The molecule has 0 aliphatic carbocycles. The van der Waals surface area contributed by atoms with Gasteiger partial charge in [0.05, 0.1) is 26.4 Å². The molecule has 0 saturated carbocycles. The molecule has 0 radical (unpaired) electrons. The first-order valence-electron chi connectivity index (χ1n) is 5.57. The zero-order valence-electron chi connectivity index (χ0n) is 10.1. The standard InChI is InChI=1S/C12H18O6/c13-11(14)5-1-3-7-17-9-10-18-8-4-2-6-12(15)16/h1-2,5-6H,3-4,7-10H2,(H,13,14)(H,15,16). The van der Waals surface area contributed by atoms with E-state index in [1.54, 1.807) is 0 Å². The highest BCUT2D eigenvalue weighted by Gasteiger charge is 1.90. The van der Waals surface area contributed by atoms with E-state index in [-0.39, 0.29) is 0 Å². The maximum Gasteiger partial charge on any atom is 0.327 e. The highest BCUT2D eigenvalue weighted by molar-refractivity contribution is 5.79. The van der Waals surface area contributed by atoms with E-state index in [2.05, 4.69) is 0 Å². The van der Waals surface area contributed by atoms with Crippen molar-refractivity contribution < 1.29 is 29.3 Å². The van der Waals surface area contributed by atoms with E-state index in [4.69, 9.17) is 19.7 Å². The average molecular weight is 258 g/mol. The molecule has 0 amide bonds. The highest BCUT2D eigenvalue weighted by Crippen LogP contribution is 1.89. The van der Waals surface area contributed by atoms with Crippen LogP contribution in [0.25, 0.3) is 0 Å². The van der Waals surface area contributed by atoms with Crippen molar-refractivity contribution in [2.24, 2.45) is 0 Å². The molecule has 0 aromatic carbocycles. The Bertz CT molecular complexity index is 265. The van der Waals surface area contributed by atoms with Crippen molar-refractivity contribution in [3.05, 3.63) is 24.3 Å². The molecule has 102 valence electrons. The van der Waals surface area contributed by atoms with Crippen LogP contribution in [0.5, 0.6) is 0 Å². The first-order valence-corrected chi connectivity index (χ1v) is 5.57. The van der Waals surface area contributed by atoms with Crippen molar-refractivity contribution in [3.8, 4) is 0 Å². The molecule has 0 bridgehead atoms. The van der Waals surface area contributed by atoms with E-state index < -0.39 is 11.9 Å². The van der Waals surface area contributed by atoms with Gasteiger partial charge in [0, 0.05) is 12.2 Å². The lowest BCUT2D eigenvalue weighted by Gasteiger charge is -2.03. The summed E-state index contributed by atoms with van der Waals surface area (Å²) in [5.74, 6) is -1.93. The largest absolute Gasteiger partial charge is 0.478 e. The van der Waals surface area contributed by atoms with Crippen LogP contribution < -0.4 is 0 Å². The molecule has 0 unspecified atom stereocenters. The minimum atomic E-state index is -0.965. The number of ether oxygens (including phenoxy) is 2. The smallest absolute Gasteiger partial charge is 0.327 e. The van der Waals surface area contributed by atoms with Crippen LogP contribution in [-0.2, 0) is 19.1 Å². The monoisotopic (exact) mass is 258 g/mol. The molecule has 0 aliphatic rings. The highest BCUT2D eigenvalue weighted by atomic mass is 16.5. The fraction of sp³-hybridized carbons (Fsp3) is 0.500. The molecule has 0 aliphatic heterocycles. The fourth-order valence-corrected chi connectivity index (χ4v) is 0.993. The summed E-state index contributed by atoms with van der Waals surface area (Å²) in [6.07, 6.45) is 6.31. The van der Waals surface area contributed by atoms with E-state index in [0.717, 1.165) is 12.2 Å². The van der Waals surface area contributed by atoms with Crippen molar-refractivity contribution >= 4 is 11.9 Å². The van der Waals surface area contributed by atoms with E-state index in [1.165, 1.54) is 12.2 Å². The fourth-order valence-electron chi connectivity index (χ4n) is 0.993. The van der Waals surface area contributed by atoms with Gasteiger partial charge in [-0.2, -0.15) is 0 Å². The normalized spacial score (nSPS) is 11.3. The van der Waals surface area contributed by atoms with Crippen molar-refractivity contribution in [3.63, 3.8) is 0 Å². The molecule has 0 atom stereocenters. The number of aliphatic carboxylic acids is 2. The molecule has 0 heterocycles. The molecule has 0 spiro atoms. The van der Waals surface area contributed by atoms with Gasteiger partial charge < -0.3 is 19.7 Å². The Kier molecular flexibility index (Phi) is 10.7. The maximum atomic E-state index is 10.1. The predicted molar refractivity (Wildman–Crippen MR) is 64.4 cm³/mol. The second-order valence-electron chi connectivity index (χ2n) is 3.28. The number of hydrogen-bond acceptors (Lipinski definition) is 4. The van der Waals surface area contributed by atoms with E-state index in [1.807, 2.05) is 0 Å². The molecule has 0 saturated heterocycles. The minimum Gasteiger partial charge on any atom is -0.478 e. The quantitative estimate of drug-likeness (QED) is 0.425. The predicted octanol–water partition coefficient (Wildman–Crippen LogP) is 1.08. The Hall–Kier alpha value is -1.66. The number of hydrogen-bond donors (Lipinski definition) is 2. The summed E-state index contributed by atoms with van der Waals surface area (Å²) in [6.45, 7) is 1.77. The van der Waals surface area contributed by atoms with Gasteiger partial charge in [-0.25, -0.2) is 9.59 Å². The molecular weight excluding hydrogens is 240 g/mol. The lowest BCUT2D eigenvalue weighted by Crippen LogP contribution is -2.05. The Labute approximate surface area is 106 Å². The summed E-state index contributed by atoms with van der Waals surface area (Å²) < 4.78 is 10.4. The first-order chi connectivity index (χ1) is 8.63. The zero-order chi connectivity index (χ0) is 13.6. The van der Waals surface area contributed by atoms with E-state index >= 15 is 0 Å². The van der Waals surface area contributed by atoms with Gasteiger partial charge in [-0.1, -0.05) is 12.2 Å². The summed E-state index contributed by atoms with van der Waals surface area (Å²) in [6, 6.07) is 0. The van der Waals surface area contributed by atoms with E-state index in [9.17, 15) is 9.59 Å². The number of carboxylic acids is 2. The first kappa shape index (κ1) is 16.3. The SMILES string of the molecule is O=C(O)C=CCCOCCOCCC=CC(=O)O. The van der Waals surface area contributed by atoms with Crippen LogP contribution in [0.2, 0.25) is 0 Å². The Morgan fingerprint density at radius 1 is 0.778 bits per heavy atom. The minimum absolute atomic E-state index is 0.434. The average Bonchev–Trinajstić information content (AvgIpc) is 2.29. The lowest BCUT2D eigenvalue weighted by molar-refractivity contribution is -0.132. The van der Waals surface area contributed by atoms with Gasteiger partial charge in [-0.15, -0.1) is 0 Å². The van der Waals surface area contributed by atoms with Crippen molar-refractivity contribution in [1.82, 2.24) is 0 Å². The third-order valence-electron chi connectivity index (χ3n) is 1.75. The second-order valence-corrected chi connectivity index (χ2v) is 3.28. The summed E-state index contributed by atoms with van der Waals surface area (Å²) >= 11 is 0. The summed E-state index contributed by atoms with van der Waals surface area (Å²) in [5.41, 5.74) is 0. The van der Waals surface area contributed by atoms with Crippen LogP contribution in [-0.4, -0.2) is 48.6 Å². The Balaban J connectivity index is 3.17. The number of carbonyl (C=O) groups is 2. The molecule has 0 aromatic rings. The topological polar surface area (TPSA) is 93.1 Å². The third kappa shape index (κ3) is 14.3. The number of rotatable bonds is 11. The Morgan fingerprint density at radius 3 is 1.50 bits per heavy atom. The summed E-state index contributed by atoms with van der Waals surface area (Å²) in [4.78, 5) is 20.2. The van der Waals surface area contributed by atoms with Crippen molar-refractivity contribution in [2.45, 2.75) is 12.8 Å². The molecule has 0 fully saturated rings. The van der Waals surface area contributed by atoms with Gasteiger partial charge in [0.2, 0.25) is 0 Å². The van der Waals surface area contributed by atoms with Gasteiger partial charge in [0.25, 0.3) is 0 Å². The molecule has 0 aromatic heterocycles. The number of carboxylic acid groups (broad SMARTS) is 2. The van der Waals surface area contributed by atoms with Gasteiger partial charge in [0.1, 0.15) is 0 Å².